The Kier molecular flexibility index (Phi) is 5.95. The van der Waals surface area contributed by atoms with Crippen LogP contribution in [0.3, 0.4) is 0 Å². The highest BCUT2D eigenvalue weighted by Gasteiger charge is 2.13. The Morgan fingerprint density at radius 3 is 2.29 bits per heavy atom. The first-order valence-corrected chi connectivity index (χ1v) is 7.62. The van der Waals surface area contributed by atoms with Crippen LogP contribution in [0.5, 0.6) is 0 Å². The minimum absolute atomic E-state index is 0.833. The first-order valence-electron chi connectivity index (χ1n) is 5.52. The molecule has 0 bridgehead atoms. The molecule has 0 aliphatic rings. The molecule has 0 saturated heterocycles. The van der Waals surface area contributed by atoms with Gasteiger partial charge in [0.15, 0.2) is 0 Å². The van der Waals surface area contributed by atoms with Crippen LogP contribution in [0.1, 0.15) is 19.4 Å². The minimum atomic E-state index is -0.833. The molecule has 0 spiro atoms. The van der Waals surface area contributed by atoms with Crippen molar-refractivity contribution in [3.8, 4) is 0 Å². The van der Waals surface area contributed by atoms with Crippen LogP contribution < -0.4 is 0 Å². The number of benzene rings is 1. The van der Waals surface area contributed by atoms with Crippen molar-refractivity contribution < 1.29 is 3.79 Å². The molecule has 0 N–H and O–H groups in total. The van der Waals surface area contributed by atoms with E-state index < -0.39 is 14.5 Å². The Labute approximate surface area is 91.8 Å². The number of hydrogen-bond donors (Lipinski definition) is 0. The molecule has 0 radical (unpaired) electrons. The molecule has 76 valence electrons. The fraction of sp³-hybridized carbons (Fsp3) is 0.500. The van der Waals surface area contributed by atoms with Gasteiger partial charge in [0.1, 0.15) is 0 Å². The lowest BCUT2D eigenvalue weighted by Crippen LogP contribution is -2.16. The zero-order valence-corrected chi connectivity index (χ0v) is 10.4. The molecule has 2 heteroatoms. The van der Waals surface area contributed by atoms with Gasteiger partial charge in [0, 0.05) is 6.61 Å². The molecule has 0 unspecified atom stereocenters. The molecule has 0 saturated carbocycles. The summed E-state index contributed by atoms with van der Waals surface area (Å²) in [4.78, 5) is 0. The smallest absolute Gasteiger partial charge is 0.460 e. The molecule has 1 rings (SSSR count). The van der Waals surface area contributed by atoms with Gasteiger partial charge in [-0.2, -0.15) is 0 Å². The second-order valence-corrected chi connectivity index (χ2v) is 6.76. The predicted octanol–water partition coefficient (Wildman–Crippen LogP) is 3.28. The van der Waals surface area contributed by atoms with Gasteiger partial charge in [-0.15, -0.1) is 0 Å². The summed E-state index contributed by atoms with van der Waals surface area (Å²) in [5, 5.41) is 2.51. The molecule has 0 aliphatic carbocycles. The van der Waals surface area contributed by atoms with Gasteiger partial charge >= 0.3 is 14.5 Å². The molecule has 0 heterocycles. The van der Waals surface area contributed by atoms with E-state index >= 15 is 0 Å². The summed E-state index contributed by atoms with van der Waals surface area (Å²) in [6.45, 7) is 5.38. The lowest BCUT2D eigenvalue weighted by Gasteiger charge is -2.09. The summed E-state index contributed by atoms with van der Waals surface area (Å²) >= 11 is -0.833. The summed E-state index contributed by atoms with van der Waals surface area (Å²) in [5.41, 5.74) is 1.38. The molecule has 0 amide bonds. The van der Waals surface area contributed by atoms with Crippen LogP contribution in [-0.4, -0.2) is 21.1 Å². The van der Waals surface area contributed by atoms with E-state index in [1.54, 1.807) is 0 Å². The normalized spacial score (nSPS) is 10.1. The van der Waals surface area contributed by atoms with E-state index in [9.17, 15) is 0 Å². The first kappa shape index (κ1) is 11.8. The van der Waals surface area contributed by atoms with E-state index in [2.05, 4.69) is 44.2 Å². The second kappa shape index (κ2) is 7.06. The van der Waals surface area contributed by atoms with E-state index in [1.165, 1.54) is 16.1 Å². The monoisotopic (exact) mass is 206 g/mol. The molecule has 1 nitrogen and oxygen atoms in total. The van der Waals surface area contributed by atoms with Crippen molar-refractivity contribution in [3.05, 3.63) is 35.9 Å². The maximum Gasteiger partial charge on any atom is 0.460 e. The summed E-state index contributed by atoms with van der Waals surface area (Å²) in [5.74, 6) is 0. The summed E-state index contributed by atoms with van der Waals surface area (Å²) < 4.78 is 5.88. The summed E-state index contributed by atoms with van der Waals surface area (Å²) in [6.07, 6.45) is 1.06. The van der Waals surface area contributed by atoms with Crippen molar-refractivity contribution in [2.24, 2.45) is 0 Å². The zero-order chi connectivity index (χ0) is 10.2. The molecular formula is C12H19AlO. The number of rotatable bonds is 6. The standard InChI is InChI=1S/C8H9O.2C2H5.Al/c9-7-6-8-4-2-1-3-5-8;2*1-2;/h1-5H,6-7H2;2*1H2,2H3;/q-1;;;+1. The summed E-state index contributed by atoms with van der Waals surface area (Å²) in [6, 6.07) is 10.6. The zero-order valence-electron chi connectivity index (χ0n) is 9.20. The Morgan fingerprint density at radius 2 is 1.71 bits per heavy atom. The van der Waals surface area contributed by atoms with E-state index in [0.717, 1.165) is 13.0 Å². The van der Waals surface area contributed by atoms with Crippen molar-refractivity contribution in [2.75, 3.05) is 6.61 Å². The van der Waals surface area contributed by atoms with Crippen molar-refractivity contribution in [2.45, 2.75) is 30.8 Å². The van der Waals surface area contributed by atoms with Gasteiger partial charge in [-0.1, -0.05) is 54.7 Å². The largest absolute Gasteiger partial charge is 0.500 e. The molecule has 0 fully saturated rings. The molecule has 1 aromatic rings. The third-order valence-corrected chi connectivity index (χ3v) is 5.03. The highest BCUT2D eigenvalue weighted by molar-refractivity contribution is 6.51. The lowest BCUT2D eigenvalue weighted by atomic mass is 10.2. The molecule has 0 atom stereocenters. The van der Waals surface area contributed by atoms with Gasteiger partial charge in [0.05, 0.1) is 0 Å². The Hall–Kier alpha value is -0.288. The SMILES string of the molecule is C[CH2][Al]([CH2]C)[O]CCc1ccccc1. The predicted molar refractivity (Wildman–Crippen MR) is 62.8 cm³/mol. The quantitative estimate of drug-likeness (QED) is 0.649. The Bertz CT molecular complexity index is 231. The van der Waals surface area contributed by atoms with Gasteiger partial charge in [0.2, 0.25) is 0 Å². The average Bonchev–Trinajstić information content (AvgIpc) is 2.26. The van der Waals surface area contributed by atoms with Crippen LogP contribution in [0.4, 0.5) is 0 Å². The van der Waals surface area contributed by atoms with Crippen LogP contribution in [0.25, 0.3) is 0 Å². The van der Waals surface area contributed by atoms with Gasteiger partial charge in [-0.05, 0) is 12.0 Å². The second-order valence-electron chi connectivity index (χ2n) is 3.54. The van der Waals surface area contributed by atoms with Crippen molar-refractivity contribution in [1.29, 1.82) is 0 Å². The highest BCUT2D eigenvalue weighted by Crippen LogP contribution is 2.03. The van der Waals surface area contributed by atoms with Crippen LogP contribution in [0, 0.1) is 0 Å². The molecule has 14 heavy (non-hydrogen) atoms. The molecule has 1 aromatic carbocycles. The maximum absolute atomic E-state index is 5.88. The highest BCUT2D eigenvalue weighted by atomic mass is 27.2. The van der Waals surface area contributed by atoms with E-state index in [4.69, 9.17) is 3.79 Å². The van der Waals surface area contributed by atoms with Crippen molar-refractivity contribution in [3.63, 3.8) is 0 Å². The van der Waals surface area contributed by atoms with Crippen LogP contribution in [0.15, 0.2) is 30.3 Å². The van der Waals surface area contributed by atoms with E-state index in [0.29, 0.717) is 0 Å². The third kappa shape index (κ3) is 4.28. The third-order valence-electron chi connectivity index (χ3n) is 2.50. The topological polar surface area (TPSA) is 9.23 Å². The maximum atomic E-state index is 5.88. The van der Waals surface area contributed by atoms with Crippen molar-refractivity contribution in [1.82, 2.24) is 0 Å². The lowest BCUT2D eigenvalue weighted by molar-refractivity contribution is 0.324. The summed E-state index contributed by atoms with van der Waals surface area (Å²) in [7, 11) is 0. The average molecular weight is 206 g/mol. The Balaban J connectivity index is 2.21. The minimum Gasteiger partial charge on any atom is -0.500 e. The van der Waals surface area contributed by atoms with Crippen molar-refractivity contribution >= 4 is 14.5 Å². The first-order chi connectivity index (χ1) is 6.86. The van der Waals surface area contributed by atoms with Crippen LogP contribution in [0.2, 0.25) is 10.6 Å². The number of hydrogen-bond acceptors (Lipinski definition) is 1. The Morgan fingerprint density at radius 1 is 1.07 bits per heavy atom. The molecular weight excluding hydrogens is 187 g/mol. The van der Waals surface area contributed by atoms with Gasteiger partial charge in [0.25, 0.3) is 0 Å². The van der Waals surface area contributed by atoms with E-state index in [1.807, 2.05) is 0 Å². The fourth-order valence-electron chi connectivity index (χ4n) is 1.51. The van der Waals surface area contributed by atoms with Gasteiger partial charge in [-0.25, -0.2) is 0 Å². The van der Waals surface area contributed by atoms with Gasteiger partial charge in [-0.3, -0.25) is 0 Å². The van der Waals surface area contributed by atoms with Crippen LogP contribution >= 0.6 is 0 Å². The molecule has 0 aromatic heterocycles. The molecule has 0 aliphatic heterocycles. The van der Waals surface area contributed by atoms with Crippen LogP contribution in [-0.2, 0) is 10.2 Å². The van der Waals surface area contributed by atoms with Gasteiger partial charge < -0.3 is 3.79 Å². The fourth-order valence-corrected chi connectivity index (χ4v) is 3.01. The van der Waals surface area contributed by atoms with E-state index in [-0.39, 0.29) is 0 Å².